The van der Waals surface area contributed by atoms with E-state index in [2.05, 4.69) is 25.6 Å². The Balaban J connectivity index is 1.62. The number of anilines is 1. The number of carbonyl (C=O) groups is 1. The molecule has 1 amide bonds. The number of benzene rings is 2. The van der Waals surface area contributed by atoms with Crippen molar-refractivity contribution in [2.45, 2.75) is 19.3 Å². The van der Waals surface area contributed by atoms with Gasteiger partial charge in [-0.05, 0) is 30.7 Å². The fourth-order valence-corrected chi connectivity index (χ4v) is 4.01. The van der Waals surface area contributed by atoms with Crippen LogP contribution in [0.3, 0.4) is 0 Å². The Kier molecular flexibility index (Phi) is 4.90. The first-order valence-corrected chi connectivity index (χ1v) is 10.1. The van der Waals surface area contributed by atoms with Gasteiger partial charge in [0.1, 0.15) is 17.5 Å². The molecule has 1 unspecified atom stereocenters. The monoisotopic (exact) mass is 452 g/mol. The molecule has 5 rings (SSSR count). The van der Waals surface area contributed by atoms with E-state index in [1.54, 1.807) is 31.2 Å². The zero-order valence-electron chi connectivity index (χ0n) is 16.7. The van der Waals surface area contributed by atoms with Gasteiger partial charge in [0.25, 0.3) is 5.95 Å². The van der Waals surface area contributed by atoms with Gasteiger partial charge in [-0.2, -0.15) is 14.9 Å². The van der Waals surface area contributed by atoms with Crippen molar-refractivity contribution in [3.05, 3.63) is 82.1 Å². The average Bonchev–Trinajstić information content (AvgIpc) is 3.10. The van der Waals surface area contributed by atoms with Crippen LogP contribution in [-0.2, 0) is 4.79 Å². The van der Waals surface area contributed by atoms with E-state index in [1.165, 1.54) is 23.0 Å². The van der Waals surface area contributed by atoms with Gasteiger partial charge in [0.2, 0.25) is 5.91 Å². The van der Waals surface area contributed by atoms with Crippen LogP contribution in [0.4, 0.5) is 14.6 Å². The van der Waals surface area contributed by atoms with Crippen molar-refractivity contribution >= 4 is 23.3 Å². The highest BCUT2D eigenvalue weighted by molar-refractivity contribution is 6.30. The highest BCUT2D eigenvalue weighted by atomic mass is 35.5. The Morgan fingerprint density at radius 2 is 1.94 bits per heavy atom. The number of nitrogens with one attached hydrogen (secondary N) is 1. The van der Waals surface area contributed by atoms with Gasteiger partial charge in [-0.3, -0.25) is 4.79 Å². The van der Waals surface area contributed by atoms with Crippen molar-refractivity contribution in [3.8, 4) is 17.2 Å². The molecule has 0 bridgehead atoms. The van der Waals surface area contributed by atoms with E-state index in [0.717, 1.165) is 11.6 Å². The molecular weight excluding hydrogens is 438 g/mol. The molecule has 4 aromatic rings. The van der Waals surface area contributed by atoms with E-state index in [9.17, 15) is 13.6 Å². The summed E-state index contributed by atoms with van der Waals surface area (Å²) in [6.45, 7) is 1.75. The number of nitrogens with zero attached hydrogens (tertiary/aromatic N) is 5. The summed E-state index contributed by atoms with van der Waals surface area (Å²) in [4.78, 5) is 17.0. The number of carbonyl (C=O) groups excluding carboxylic acids is 1. The number of rotatable bonds is 3. The van der Waals surface area contributed by atoms with Gasteiger partial charge in [0.05, 0.1) is 17.6 Å². The van der Waals surface area contributed by atoms with E-state index in [0.29, 0.717) is 27.8 Å². The normalized spacial score (nSPS) is 15.4. The molecule has 2 aromatic carbocycles. The van der Waals surface area contributed by atoms with Crippen LogP contribution in [0.1, 0.15) is 29.2 Å². The minimum atomic E-state index is -0.717. The number of hydrogen-bond acceptors (Lipinski definition) is 5. The molecule has 32 heavy (non-hydrogen) atoms. The third-order valence-electron chi connectivity index (χ3n) is 5.32. The van der Waals surface area contributed by atoms with Gasteiger partial charge in [0.15, 0.2) is 0 Å². The van der Waals surface area contributed by atoms with Crippen molar-refractivity contribution in [2.24, 2.45) is 0 Å². The number of amides is 1. The number of fused-ring (bicyclic) bond motifs is 1. The minimum Gasteiger partial charge on any atom is -0.310 e. The van der Waals surface area contributed by atoms with Crippen LogP contribution in [0.15, 0.2) is 48.7 Å². The molecule has 0 spiro atoms. The SMILES string of the molecule is Cc1nn(-c2nncc(-c3ccc(Cl)cc3)n2)c2c1C(c1ccc(F)cc1F)CC(=O)N2. The Bertz CT molecular complexity index is 1360. The molecule has 160 valence electrons. The van der Waals surface area contributed by atoms with Crippen LogP contribution in [0.2, 0.25) is 5.02 Å². The number of aryl methyl sites for hydroxylation is 1. The Morgan fingerprint density at radius 3 is 2.69 bits per heavy atom. The summed E-state index contributed by atoms with van der Waals surface area (Å²) >= 11 is 5.96. The Labute approximate surface area is 186 Å². The van der Waals surface area contributed by atoms with Gasteiger partial charge in [-0.25, -0.2) is 13.8 Å². The van der Waals surface area contributed by atoms with Gasteiger partial charge in [-0.1, -0.05) is 29.8 Å². The second-order valence-electron chi connectivity index (χ2n) is 7.38. The van der Waals surface area contributed by atoms with Gasteiger partial charge >= 0.3 is 0 Å². The van der Waals surface area contributed by atoms with Crippen LogP contribution in [0.5, 0.6) is 0 Å². The zero-order chi connectivity index (χ0) is 22.4. The first-order chi connectivity index (χ1) is 15.4. The molecule has 0 saturated heterocycles. The molecule has 3 heterocycles. The van der Waals surface area contributed by atoms with Crippen molar-refractivity contribution in [2.75, 3.05) is 5.32 Å². The van der Waals surface area contributed by atoms with Crippen molar-refractivity contribution in [1.82, 2.24) is 25.0 Å². The lowest BCUT2D eigenvalue weighted by Crippen LogP contribution is -2.25. The van der Waals surface area contributed by atoms with Crippen LogP contribution >= 0.6 is 11.6 Å². The average molecular weight is 453 g/mol. The predicted molar refractivity (Wildman–Crippen MR) is 114 cm³/mol. The molecule has 1 aliphatic rings. The lowest BCUT2D eigenvalue weighted by atomic mass is 9.85. The molecule has 2 aromatic heterocycles. The van der Waals surface area contributed by atoms with Gasteiger partial charge < -0.3 is 5.32 Å². The topological polar surface area (TPSA) is 85.6 Å². The first kappa shape index (κ1) is 20.2. The largest absolute Gasteiger partial charge is 0.310 e. The fourth-order valence-electron chi connectivity index (χ4n) is 3.89. The molecule has 0 saturated carbocycles. The standard InChI is InChI=1S/C22H15ClF2N6O/c1-11-20-16(15-7-6-14(24)8-17(15)25)9-19(32)28-21(20)31(30-11)22-27-18(10-26-29-22)12-2-4-13(23)5-3-12/h2-8,10,16H,9H2,1H3,(H,28,32). The van der Waals surface area contributed by atoms with E-state index in [1.807, 2.05) is 0 Å². The van der Waals surface area contributed by atoms with E-state index >= 15 is 0 Å². The van der Waals surface area contributed by atoms with Crippen LogP contribution in [-0.4, -0.2) is 30.9 Å². The Morgan fingerprint density at radius 1 is 1.16 bits per heavy atom. The molecule has 0 aliphatic carbocycles. The zero-order valence-corrected chi connectivity index (χ0v) is 17.4. The lowest BCUT2D eigenvalue weighted by molar-refractivity contribution is -0.116. The number of aromatic nitrogens is 5. The summed E-state index contributed by atoms with van der Waals surface area (Å²) in [5.41, 5.74) is 2.72. The molecule has 0 fully saturated rings. The smallest absolute Gasteiger partial charge is 0.272 e. The van der Waals surface area contributed by atoms with E-state index < -0.39 is 17.6 Å². The summed E-state index contributed by atoms with van der Waals surface area (Å²) in [7, 11) is 0. The van der Waals surface area contributed by atoms with Crippen LogP contribution in [0, 0.1) is 18.6 Å². The number of halogens is 3. The summed E-state index contributed by atoms with van der Waals surface area (Å²) in [6.07, 6.45) is 1.51. The fraction of sp³-hybridized carbons (Fsp3) is 0.136. The summed E-state index contributed by atoms with van der Waals surface area (Å²) in [6, 6.07) is 10.4. The van der Waals surface area contributed by atoms with Crippen LogP contribution in [0.25, 0.3) is 17.2 Å². The van der Waals surface area contributed by atoms with Crippen molar-refractivity contribution in [3.63, 3.8) is 0 Å². The van der Waals surface area contributed by atoms with Gasteiger partial charge in [0, 0.05) is 34.6 Å². The maximum Gasteiger partial charge on any atom is 0.272 e. The summed E-state index contributed by atoms with van der Waals surface area (Å²) < 4.78 is 29.3. The molecule has 1 atom stereocenters. The predicted octanol–water partition coefficient (Wildman–Crippen LogP) is 4.44. The minimum absolute atomic E-state index is 0.00596. The number of hydrogen-bond donors (Lipinski definition) is 1. The highest BCUT2D eigenvalue weighted by Crippen LogP contribution is 2.40. The quantitative estimate of drug-likeness (QED) is 0.496. The highest BCUT2D eigenvalue weighted by Gasteiger charge is 2.34. The maximum atomic E-state index is 14.5. The summed E-state index contributed by atoms with van der Waals surface area (Å²) in [5.74, 6) is -1.87. The van der Waals surface area contributed by atoms with Crippen molar-refractivity contribution < 1.29 is 13.6 Å². The Hall–Kier alpha value is -3.72. The molecule has 1 aliphatic heterocycles. The third-order valence-corrected chi connectivity index (χ3v) is 5.57. The molecule has 7 nitrogen and oxygen atoms in total. The van der Waals surface area contributed by atoms with Crippen molar-refractivity contribution in [1.29, 1.82) is 0 Å². The van der Waals surface area contributed by atoms with E-state index in [4.69, 9.17) is 11.6 Å². The van der Waals surface area contributed by atoms with Gasteiger partial charge in [-0.15, -0.1) is 5.10 Å². The second-order valence-corrected chi connectivity index (χ2v) is 7.82. The van der Waals surface area contributed by atoms with Crippen LogP contribution < -0.4 is 5.32 Å². The van der Waals surface area contributed by atoms with E-state index in [-0.39, 0.29) is 23.8 Å². The molecular formula is C22H15ClF2N6O. The molecule has 0 radical (unpaired) electrons. The maximum absolute atomic E-state index is 14.5. The second kappa shape index (κ2) is 7.76. The molecule has 1 N–H and O–H groups in total. The molecule has 10 heteroatoms. The lowest BCUT2D eigenvalue weighted by Gasteiger charge is -2.24. The first-order valence-electron chi connectivity index (χ1n) is 9.71. The summed E-state index contributed by atoms with van der Waals surface area (Å²) in [5, 5.41) is 15.9. The third kappa shape index (κ3) is 3.50.